The first-order valence-corrected chi connectivity index (χ1v) is 12.7. The standard InChI is InChI=1S/C20H24BrN5O4S/c1-29-10-11-9-26-19(30-11)16(8-23-26)31(22,28)25-20(27)24-18-14-6-2-4-12(14)17(21)13-5-3-7-15(13)18/h8,11H,2-7,9-10H2,1H3,(H3,22,24,25,27,28)/t11-,31?/m0/s1. The van der Waals surface area contributed by atoms with Crippen molar-refractivity contribution in [1.82, 2.24) is 9.78 Å². The first-order valence-electron chi connectivity index (χ1n) is 10.3. The summed E-state index contributed by atoms with van der Waals surface area (Å²) in [6, 6.07) is -0.718. The number of carbonyl (C=O) groups excluding carboxylic acids is 1. The summed E-state index contributed by atoms with van der Waals surface area (Å²) < 4.78 is 30.6. The molecule has 166 valence electrons. The van der Waals surface area contributed by atoms with E-state index in [1.165, 1.54) is 21.8 Å². The third kappa shape index (κ3) is 3.57. The highest BCUT2D eigenvalue weighted by Gasteiger charge is 2.32. The Kier molecular flexibility index (Phi) is 5.32. The molecule has 3 N–H and O–H groups in total. The van der Waals surface area contributed by atoms with Crippen molar-refractivity contribution in [2.45, 2.75) is 56.1 Å². The Balaban J connectivity index is 1.45. The van der Waals surface area contributed by atoms with Gasteiger partial charge in [0.05, 0.1) is 19.3 Å². The number of hydrogen-bond acceptors (Lipinski definition) is 5. The molecule has 11 heteroatoms. The summed E-state index contributed by atoms with van der Waals surface area (Å²) >= 11 is 3.77. The van der Waals surface area contributed by atoms with E-state index >= 15 is 0 Å². The van der Waals surface area contributed by atoms with Crippen LogP contribution in [0.3, 0.4) is 0 Å². The van der Waals surface area contributed by atoms with Crippen LogP contribution in [0.2, 0.25) is 0 Å². The van der Waals surface area contributed by atoms with Gasteiger partial charge in [-0.25, -0.2) is 18.8 Å². The number of carbonyl (C=O) groups is 1. The number of amides is 2. The largest absolute Gasteiger partial charge is 0.469 e. The van der Waals surface area contributed by atoms with E-state index in [4.69, 9.17) is 14.6 Å². The lowest BCUT2D eigenvalue weighted by Crippen LogP contribution is -2.22. The first-order chi connectivity index (χ1) is 14.9. The SMILES string of the molecule is COC[C@@H]1Cn2ncc(S(N)(=O)=NC(=O)Nc3c4c(c(Br)c5c3CCC5)CCC4)c2O1. The second kappa shape index (κ2) is 7.88. The fraction of sp³-hybridized carbons (Fsp3) is 0.500. The molecule has 0 fully saturated rings. The number of nitrogens with zero attached hydrogens (tertiary/aromatic N) is 3. The zero-order valence-electron chi connectivity index (χ0n) is 17.1. The molecule has 0 bridgehead atoms. The summed E-state index contributed by atoms with van der Waals surface area (Å²) in [7, 11) is -1.96. The number of urea groups is 1. The van der Waals surface area contributed by atoms with Crippen LogP contribution in [-0.2, 0) is 46.9 Å². The summed E-state index contributed by atoms with van der Waals surface area (Å²) in [6.45, 7) is 0.827. The number of hydrogen-bond donors (Lipinski definition) is 2. The highest BCUT2D eigenvalue weighted by atomic mass is 79.9. The number of nitrogens with two attached hydrogens (primary N) is 1. The molecule has 9 nitrogen and oxygen atoms in total. The average molecular weight is 510 g/mol. The summed E-state index contributed by atoms with van der Waals surface area (Å²) in [5.41, 5.74) is 5.64. The quantitative estimate of drug-likeness (QED) is 0.655. The predicted molar refractivity (Wildman–Crippen MR) is 119 cm³/mol. The van der Waals surface area contributed by atoms with E-state index in [2.05, 4.69) is 30.7 Å². The molecule has 2 atom stereocenters. The van der Waals surface area contributed by atoms with E-state index < -0.39 is 15.9 Å². The number of fused-ring (bicyclic) bond motifs is 3. The molecule has 1 aromatic heterocycles. The average Bonchev–Trinajstić information content (AvgIpc) is 3.47. The number of halogens is 1. The molecule has 2 heterocycles. The maximum absolute atomic E-state index is 13.2. The van der Waals surface area contributed by atoms with E-state index in [1.807, 2.05) is 0 Å². The molecule has 1 aromatic carbocycles. The molecule has 5 rings (SSSR count). The van der Waals surface area contributed by atoms with Crippen molar-refractivity contribution < 1.29 is 18.5 Å². The maximum Gasteiger partial charge on any atom is 0.354 e. The third-order valence-corrected chi connectivity index (χ3v) is 8.41. The first kappa shape index (κ1) is 20.9. The van der Waals surface area contributed by atoms with Crippen LogP contribution >= 0.6 is 15.9 Å². The minimum atomic E-state index is -3.53. The van der Waals surface area contributed by atoms with Crippen LogP contribution in [0.1, 0.15) is 35.1 Å². The minimum absolute atomic E-state index is 0.118. The van der Waals surface area contributed by atoms with Gasteiger partial charge >= 0.3 is 6.03 Å². The van der Waals surface area contributed by atoms with Crippen LogP contribution < -0.4 is 15.2 Å². The van der Waals surface area contributed by atoms with E-state index in [9.17, 15) is 9.00 Å². The van der Waals surface area contributed by atoms with Crippen LogP contribution in [0.25, 0.3) is 0 Å². The lowest BCUT2D eigenvalue weighted by Gasteiger charge is -2.17. The number of rotatable bonds is 4. The molecule has 31 heavy (non-hydrogen) atoms. The third-order valence-electron chi connectivity index (χ3n) is 6.10. The predicted octanol–water partition coefficient (Wildman–Crippen LogP) is 2.96. The van der Waals surface area contributed by atoms with Crippen molar-refractivity contribution in [2.24, 2.45) is 9.50 Å². The van der Waals surface area contributed by atoms with Crippen molar-refractivity contribution in [2.75, 3.05) is 19.0 Å². The zero-order valence-corrected chi connectivity index (χ0v) is 19.6. The van der Waals surface area contributed by atoms with Crippen LogP contribution in [0.4, 0.5) is 10.5 Å². The van der Waals surface area contributed by atoms with Gasteiger partial charge in [-0.2, -0.15) is 5.10 Å². The van der Waals surface area contributed by atoms with Crippen LogP contribution in [0, 0.1) is 0 Å². The van der Waals surface area contributed by atoms with Crippen molar-refractivity contribution in [3.8, 4) is 5.88 Å². The Bertz CT molecular complexity index is 1170. The summed E-state index contributed by atoms with van der Waals surface area (Å²) in [5, 5.41) is 13.1. The molecule has 2 aromatic rings. The van der Waals surface area contributed by atoms with Gasteiger partial charge in [0.25, 0.3) is 0 Å². The minimum Gasteiger partial charge on any atom is -0.469 e. The van der Waals surface area contributed by atoms with Gasteiger partial charge in [-0.3, -0.25) is 0 Å². The Labute approximate surface area is 189 Å². The zero-order chi connectivity index (χ0) is 21.8. The van der Waals surface area contributed by atoms with Gasteiger partial charge in [-0.05, 0) is 60.8 Å². The molecular weight excluding hydrogens is 486 g/mol. The molecule has 1 aliphatic heterocycles. The Morgan fingerprint density at radius 2 is 1.97 bits per heavy atom. The molecule has 0 saturated carbocycles. The van der Waals surface area contributed by atoms with Crippen LogP contribution in [-0.4, -0.2) is 39.8 Å². The fourth-order valence-electron chi connectivity index (χ4n) is 4.81. The number of nitrogens with one attached hydrogen (secondary N) is 1. The van der Waals surface area contributed by atoms with Gasteiger partial charge in [-0.1, -0.05) is 15.9 Å². The number of methoxy groups -OCH3 is 1. The highest BCUT2D eigenvalue weighted by Crippen LogP contribution is 2.44. The lowest BCUT2D eigenvalue weighted by atomic mass is 9.99. The van der Waals surface area contributed by atoms with E-state index in [0.717, 1.165) is 55.3 Å². The molecule has 0 spiro atoms. The number of ether oxygens (including phenoxy) is 2. The summed E-state index contributed by atoms with van der Waals surface area (Å²) in [5.74, 6) is 0.275. The van der Waals surface area contributed by atoms with Crippen molar-refractivity contribution in [1.29, 1.82) is 0 Å². The van der Waals surface area contributed by atoms with Crippen molar-refractivity contribution in [3.05, 3.63) is 32.9 Å². The highest BCUT2D eigenvalue weighted by molar-refractivity contribution is 9.10. The number of benzene rings is 1. The summed E-state index contributed by atoms with van der Waals surface area (Å²) in [4.78, 5) is 13.0. The van der Waals surface area contributed by atoms with Gasteiger partial charge in [0.2, 0.25) is 5.88 Å². The second-order valence-electron chi connectivity index (χ2n) is 8.09. The monoisotopic (exact) mass is 509 g/mol. The van der Waals surface area contributed by atoms with Crippen LogP contribution in [0.15, 0.2) is 19.9 Å². The van der Waals surface area contributed by atoms with Gasteiger partial charge in [0, 0.05) is 17.3 Å². The molecule has 2 aliphatic carbocycles. The van der Waals surface area contributed by atoms with Gasteiger partial charge in [0.1, 0.15) is 11.0 Å². The van der Waals surface area contributed by atoms with Crippen LogP contribution in [0.5, 0.6) is 5.88 Å². The molecule has 0 saturated heterocycles. The van der Waals surface area contributed by atoms with Crippen molar-refractivity contribution >= 4 is 37.6 Å². The normalized spacial score (nSPS) is 20.5. The Hall–Kier alpha value is -1.95. The maximum atomic E-state index is 13.2. The number of aromatic nitrogens is 2. The van der Waals surface area contributed by atoms with Crippen molar-refractivity contribution in [3.63, 3.8) is 0 Å². The molecule has 2 amide bonds. The second-order valence-corrected chi connectivity index (χ2v) is 10.6. The van der Waals surface area contributed by atoms with Gasteiger partial charge in [-0.15, -0.1) is 4.36 Å². The molecular formula is C20H24BrN5O4S. The fourth-order valence-corrected chi connectivity index (χ4v) is 6.68. The van der Waals surface area contributed by atoms with Gasteiger partial charge < -0.3 is 14.8 Å². The van der Waals surface area contributed by atoms with E-state index in [0.29, 0.717) is 13.2 Å². The Morgan fingerprint density at radius 1 is 1.32 bits per heavy atom. The topological polar surface area (TPSA) is 121 Å². The number of anilines is 1. The molecule has 3 aliphatic rings. The van der Waals surface area contributed by atoms with E-state index in [-0.39, 0.29) is 16.9 Å². The van der Waals surface area contributed by atoms with Gasteiger partial charge in [0.15, 0.2) is 9.92 Å². The molecule has 1 unspecified atom stereocenters. The van der Waals surface area contributed by atoms with E-state index in [1.54, 1.807) is 11.8 Å². The molecule has 0 radical (unpaired) electrons. The lowest BCUT2D eigenvalue weighted by molar-refractivity contribution is 0.0920. The smallest absolute Gasteiger partial charge is 0.354 e. The summed E-state index contributed by atoms with van der Waals surface area (Å²) in [6.07, 6.45) is 6.98. The Morgan fingerprint density at radius 3 is 2.61 bits per heavy atom.